The Labute approximate surface area is 396 Å². The van der Waals surface area contributed by atoms with Crippen LogP contribution in [0.3, 0.4) is 0 Å². The molecular weight excluding hydrogens is 799 g/mol. The number of benzene rings is 1. The van der Waals surface area contributed by atoms with E-state index in [0.717, 1.165) is 12.8 Å². The van der Waals surface area contributed by atoms with Crippen molar-refractivity contribution in [3.63, 3.8) is 0 Å². The molecule has 0 N–H and O–H groups in total. The Morgan fingerprint density at radius 2 is 1.00 bits per heavy atom. The Morgan fingerprint density at radius 1 is 0.515 bits per heavy atom. The summed E-state index contributed by atoms with van der Waals surface area (Å²) in [5, 5.41) is 0. The van der Waals surface area contributed by atoms with Gasteiger partial charge in [0.05, 0.1) is 24.2 Å². The summed E-state index contributed by atoms with van der Waals surface area (Å²) in [6, 6.07) is 10.2. The van der Waals surface area contributed by atoms with Crippen molar-refractivity contribution in [3.05, 3.63) is 208 Å². The van der Waals surface area contributed by atoms with Crippen LogP contribution in [0.4, 0.5) is 5.69 Å². The molecule has 0 amide bonds. The van der Waals surface area contributed by atoms with Gasteiger partial charge < -0.3 is 14.7 Å². The van der Waals surface area contributed by atoms with Crippen molar-refractivity contribution in [1.82, 2.24) is 9.80 Å². The fourth-order valence-electron chi connectivity index (χ4n) is 16.2. The summed E-state index contributed by atoms with van der Waals surface area (Å²) in [5.74, 6) is 3.29. The SMILES string of the molecule is CC1=C(C2=CC=CCC2)C(C)C(C)C(N2C3C=CC=CC3C3(C4C=CC=CC42)C2C=CC=CC2N(C2=C(C)C(C)=C(N4C5=CCCCC5c5ccccc54)C(C)C2C)C2C=CC=CC23)=C1C. The number of allylic oxidation sites excluding steroid dienone is 22. The normalized spacial score (nSPS) is 39.3. The van der Waals surface area contributed by atoms with Gasteiger partial charge in [-0.1, -0.05) is 167 Å². The van der Waals surface area contributed by atoms with E-state index in [-0.39, 0.29) is 29.6 Å². The zero-order valence-corrected chi connectivity index (χ0v) is 40.7. The highest BCUT2D eigenvalue weighted by Gasteiger charge is 2.68. The molecule has 1 aromatic carbocycles. The van der Waals surface area contributed by atoms with Crippen LogP contribution in [0, 0.1) is 52.8 Å². The molecule has 3 heterocycles. The van der Waals surface area contributed by atoms with Gasteiger partial charge in [0.25, 0.3) is 0 Å². The standard InChI is InChI=1S/C63H71N3/c1-38-40(3)60(41(4)39(2)59(38)46-24-10-9-11-25-46)65-55-34-20-14-28-49(55)63(50-29-15-21-35-56(50)65)51-30-16-22-36-57(51)66(58-37-23-17-31-52(58)63)62-44(7)42(5)61(43(6)45(62)8)64-53-32-18-12-26-47(53)48-27-13-19-33-54(48)64/h9-10,12,14-18,20-24,26,28-38,40,42,44,48-52,55-58H,11,13,19,25,27H2,1-8H3. The highest BCUT2D eigenvalue weighted by molar-refractivity contribution is 5.74. The molecule has 66 heavy (non-hydrogen) atoms. The number of anilines is 1. The van der Waals surface area contributed by atoms with E-state index in [4.69, 9.17) is 0 Å². The average molecular weight is 870 g/mol. The number of nitrogens with zero attached hydrogens (tertiary/aromatic N) is 3. The highest BCUT2D eigenvalue weighted by atomic mass is 15.3. The molecule has 3 heteroatoms. The lowest BCUT2D eigenvalue weighted by molar-refractivity contribution is -0.141. The Kier molecular flexibility index (Phi) is 10.2. The van der Waals surface area contributed by atoms with Gasteiger partial charge in [-0.3, -0.25) is 0 Å². The average Bonchev–Trinajstić information content (AvgIpc) is 3.68. The lowest BCUT2D eigenvalue weighted by Crippen LogP contribution is -2.73. The molecule has 0 saturated carbocycles. The van der Waals surface area contributed by atoms with Crippen molar-refractivity contribution in [1.29, 1.82) is 0 Å². The maximum Gasteiger partial charge on any atom is 0.0548 e. The number of hydrogen-bond donors (Lipinski definition) is 0. The molecule has 1 spiro atoms. The van der Waals surface area contributed by atoms with Gasteiger partial charge in [-0.2, -0.15) is 0 Å². The molecule has 1 aromatic rings. The van der Waals surface area contributed by atoms with Gasteiger partial charge in [-0.25, -0.2) is 0 Å². The van der Waals surface area contributed by atoms with E-state index in [1.54, 1.807) is 22.5 Å². The van der Waals surface area contributed by atoms with Crippen LogP contribution in [0.5, 0.6) is 0 Å². The van der Waals surface area contributed by atoms with Crippen molar-refractivity contribution in [2.24, 2.45) is 52.8 Å². The topological polar surface area (TPSA) is 9.72 Å². The molecule has 3 aliphatic heterocycles. The summed E-state index contributed by atoms with van der Waals surface area (Å²) in [5.41, 5.74) is 18.1. The minimum absolute atomic E-state index is 0.0776. The van der Waals surface area contributed by atoms with Crippen LogP contribution in [0.15, 0.2) is 202 Å². The van der Waals surface area contributed by atoms with Crippen LogP contribution < -0.4 is 4.90 Å². The molecule has 13 unspecified atom stereocenters. The van der Waals surface area contributed by atoms with Gasteiger partial charge in [0.1, 0.15) is 0 Å². The largest absolute Gasteiger partial charge is 0.360 e. The second-order valence-corrected chi connectivity index (χ2v) is 21.8. The first kappa shape index (κ1) is 42.1. The molecule has 3 nitrogen and oxygen atoms in total. The van der Waals surface area contributed by atoms with E-state index in [9.17, 15) is 0 Å². The molecule has 11 aliphatic rings. The predicted molar refractivity (Wildman–Crippen MR) is 276 cm³/mol. The Morgan fingerprint density at radius 3 is 1.55 bits per heavy atom. The van der Waals surface area contributed by atoms with Crippen molar-refractivity contribution in [3.8, 4) is 0 Å². The van der Waals surface area contributed by atoms with Crippen molar-refractivity contribution < 1.29 is 0 Å². The van der Waals surface area contributed by atoms with Crippen LogP contribution >= 0.6 is 0 Å². The molecular formula is C63H71N3. The second-order valence-electron chi connectivity index (χ2n) is 21.8. The van der Waals surface area contributed by atoms with Crippen molar-refractivity contribution in [2.75, 3.05) is 4.90 Å². The Hall–Kier alpha value is -5.28. The van der Waals surface area contributed by atoms with Crippen LogP contribution in [-0.2, 0) is 0 Å². The van der Waals surface area contributed by atoms with E-state index in [0.29, 0.717) is 53.3 Å². The zero-order chi connectivity index (χ0) is 45.2. The Balaban J connectivity index is 1.00. The molecule has 13 atom stereocenters. The van der Waals surface area contributed by atoms with Crippen LogP contribution in [0.2, 0.25) is 0 Å². The number of likely N-dealkylation sites (tertiary alicyclic amines) is 2. The fourth-order valence-corrected chi connectivity index (χ4v) is 16.2. The minimum atomic E-state index is -0.0776. The molecule has 12 rings (SSSR count). The van der Waals surface area contributed by atoms with Crippen LogP contribution in [0.1, 0.15) is 99.0 Å². The maximum atomic E-state index is 2.97. The quantitative estimate of drug-likeness (QED) is 0.298. The Bertz CT molecular complexity index is 2650. The number of para-hydroxylation sites is 1. The summed E-state index contributed by atoms with van der Waals surface area (Å²) in [4.78, 5) is 8.66. The summed E-state index contributed by atoms with van der Waals surface area (Å²) >= 11 is 0. The zero-order valence-electron chi connectivity index (χ0n) is 40.7. The summed E-state index contributed by atoms with van der Waals surface area (Å²) in [6.07, 6.45) is 55.8. The van der Waals surface area contributed by atoms with Crippen molar-refractivity contribution in [2.45, 2.75) is 118 Å². The van der Waals surface area contributed by atoms with Gasteiger partial charge in [0.15, 0.2) is 0 Å². The van der Waals surface area contributed by atoms with Gasteiger partial charge >= 0.3 is 0 Å². The highest BCUT2D eigenvalue weighted by Crippen LogP contribution is 2.67. The summed E-state index contributed by atoms with van der Waals surface area (Å²) in [7, 11) is 0. The van der Waals surface area contributed by atoms with Crippen LogP contribution in [-0.4, -0.2) is 34.0 Å². The predicted octanol–water partition coefficient (Wildman–Crippen LogP) is 14.7. The van der Waals surface area contributed by atoms with E-state index in [2.05, 4.69) is 216 Å². The third kappa shape index (κ3) is 5.73. The third-order valence-corrected chi connectivity index (χ3v) is 19.3. The summed E-state index contributed by atoms with van der Waals surface area (Å²) < 4.78 is 0. The van der Waals surface area contributed by atoms with Gasteiger partial charge in [0, 0.05) is 81.2 Å². The smallest absolute Gasteiger partial charge is 0.0548 e. The molecule has 0 bridgehead atoms. The van der Waals surface area contributed by atoms with E-state index >= 15 is 0 Å². The second kappa shape index (κ2) is 15.9. The molecule has 0 aromatic heterocycles. The lowest BCUT2D eigenvalue weighted by atomic mass is 9.42. The molecule has 0 radical (unpaired) electrons. The molecule has 2 fully saturated rings. The first-order valence-corrected chi connectivity index (χ1v) is 25.9. The van der Waals surface area contributed by atoms with E-state index < -0.39 is 0 Å². The van der Waals surface area contributed by atoms with Crippen LogP contribution in [0.25, 0.3) is 0 Å². The number of rotatable bonds is 4. The lowest BCUT2D eigenvalue weighted by Gasteiger charge is -2.71. The van der Waals surface area contributed by atoms with E-state index in [1.165, 1.54) is 64.2 Å². The van der Waals surface area contributed by atoms with E-state index in [1.807, 2.05) is 0 Å². The van der Waals surface area contributed by atoms with Gasteiger partial charge in [-0.15, -0.1) is 0 Å². The fraction of sp³-hybridized carbons (Fsp3) is 0.429. The van der Waals surface area contributed by atoms with Crippen molar-refractivity contribution >= 4 is 5.69 Å². The number of fused-ring (bicyclic) bond motifs is 11. The first-order chi connectivity index (χ1) is 32.2. The van der Waals surface area contributed by atoms with Gasteiger partial charge in [-0.05, 0) is 111 Å². The van der Waals surface area contributed by atoms with Gasteiger partial charge in [0.2, 0.25) is 0 Å². The molecule has 2 saturated heterocycles. The summed E-state index contributed by atoms with van der Waals surface area (Å²) in [6.45, 7) is 20.0. The first-order valence-electron chi connectivity index (χ1n) is 25.9. The minimum Gasteiger partial charge on any atom is -0.360 e. The molecule has 8 aliphatic carbocycles. The molecule has 338 valence electrons. The monoisotopic (exact) mass is 870 g/mol. The maximum absolute atomic E-state index is 2.97. The third-order valence-electron chi connectivity index (χ3n) is 19.3. The number of piperidine rings is 2. The number of hydrogen-bond acceptors (Lipinski definition) is 3.